The third-order valence-corrected chi connectivity index (χ3v) is 2.25. The van der Waals surface area contributed by atoms with Crippen molar-refractivity contribution in [2.45, 2.75) is 19.3 Å². The lowest BCUT2D eigenvalue weighted by Gasteiger charge is -2.09. The molecule has 0 saturated carbocycles. The lowest BCUT2D eigenvalue weighted by atomic mass is 9.98. The molecular weight excluding hydrogens is 191 g/mol. The van der Waals surface area contributed by atoms with Crippen LogP contribution in [0.1, 0.15) is 24.8 Å². The highest BCUT2D eigenvalue weighted by Gasteiger charge is 2.12. The Bertz CT molecular complexity index is 312. The van der Waals surface area contributed by atoms with Crippen LogP contribution in [0.2, 0.25) is 5.02 Å². The van der Waals surface area contributed by atoms with Gasteiger partial charge in [0.25, 0.3) is 0 Å². The fraction of sp³-hybridized carbons (Fsp3) is 0.300. The first kappa shape index (κ1) is 10.2. The van der Waals surface area contributed by atoms with E-state index < -0.39 is 5.82 Å². The molecule has 0 saturated heterocycles. The van der Waals surface area contributed by atoms with Gasteiger partial charge in [0.15, 0.2) is 0 Å². The molecule has 0 amide bonds. The van der Waals surface area contributed by atoms with E-state index in [4.69, 9.17) is 11.6 Å². The first-order valence-corrected chi connectivity index (χ1v) is 4.42. The van der Waals surface area contributed by atoms with Crippen molar-refractivity contribution < 1.29 is 9.18 Å². The van der Waals surface area contributed by atoms with Crippen molar-refractivity contribution in [1.82, 2.24) is 0 Å². The maximum atomic E-state index is 13.3. The minimum atomic E-state index is -0.418. The second kappa shape index (κ2) is 4.38. The molecule has 1 unspecified atom stereocenters. The summed E-state index contributed by atoms with van der Waals surface area (Å²) in [5, 5.41) is 0.107. The quantitative estimate of drug-likeness (QED) is 0.685. The first-order valence-electron chi connectivity index (χ1n) is 4.04. The van der Waals surface area contributed by atoms with E-state index in [1.54, 1.807) is 19.1 Å². The van der Waals surface area contributed by atoms with Crippen molar-refractivity contribution in [2.75, 3.05) is 0 Å². The highest BCUT2D eigenvalue weighted by atomic mass is 35.5. The number of benzene rings is 1. The number of carbonyl (C=O) groups is 1. The van der Waals surface area contributed by atoms with Gasteiger partial charge in [-0.2, -0.15) is 0 Å². The lowest BCUT2D eigenvalue weighted by molar-refractivity contribution is -0.108. The summed E-state index contributed by atoms with van der Waals surface area (Å²) in [6.07, 6.45) is 1.10. The van der Waals surface area contributed by atoms with Crippen LogP contribution in [0.15, 0.2) is 18.2 Å². The molecule has 0 heterocycles. The van der Waals surface area contributed by atoms with E-state index >= 15 is 0 Å². The molecular formula is C10H10ClFO. The van der Waals surface area contributed by atoms with Crippen LogP contribution in [0.5, 0.6) is 0 Å². The van der Waals surface area contributed by atoms with Crippen LogP contribution in [-0.2, 0) is 4.79 Å². The van der Waals surface area contributed by atoms with Gasteiger partial charge in [-0.3, -0.25) is 0 Å². The largest absolute Gasteiger partial charge is 0.303 e. The number of aldehydes is 1. The van der Waals surface area contributed by atoms with E-state index in [9.17, 15) is 9.18 Å². The molecule has 1 nitrogen and oxygen atoms in total. The summed E-state index contributed by atoms with van der Waals surface area (Å²) < 4.78 is 13.3. The maximum Gasteiger partial charge on any atom is 0.145 e. The number of carbonyl (C=O) groups excluding carboxylic acids is 1. The highest BCUT2D eigenvalue weighted by Crippen LogP contribution is 2.25. The summed E-state index contributed by atoms with van der Waals surface area (Å²) in [7, 11) is 0. The Kier molecular flexibility index (Phi) is 3.43. The molecule has 0 aliphatic carbocycles. The van der Waals surface area contributed by atoms with Crippen LogP contribution in [0, 0.1) is 5.82 Å². The first-order chi connectivity index (χ1) is 6.16. The Morgan fingerprint density at radius 3 is 2.92 bits per heavy atom. The zero-order valence-electron chi connectivity index (χ0n) is 7.26. The predicted molar refractivity (Wildman–Crippen MR) is 50.5 cm³/mol. The van der Waals surface area contributed by atoms with Gasteiger partial charge in [-0.25, -0.2) is 4.39 Å². The lowest BCUT2D eigenvalue weighted by Crippen LogP contribution is -1.98. The molecule has 0 aliphatic rings. The Hall–Kier alpha value is -0.890. The van der Waals surface area contributed by atoms with E-state index in [2.05, 4.69) is 0 Å². The average Bonchev–Trinajstić information content (AvgIpc) is 2.10. The normalized spacial score (nSPS) is 12.5. The van der Waals surface area contributed by atoms with Gasteiger partial charge in [-0.15, -0.1) is 0 Å². The molecule has 1 atom stereocenters. The van der Waals surface area contributed by atoms with Gasteiger partial charge in [0.05, 0.1) is 5.02 Å². The Balaban J connectivity index is 3.00. The summed E-state index contributed by atoms with van der Waals surface area (Å²) in [6, 6.07) is 4.82. The smallest absolute Gasteiger partial charge is 0.145 e. The van der Waals surface area contributed by atoms with E-state index in [-0.39, 0.29) is 10.9 Å². The molecule has 3 heteroatoms. The minimum absolute atomic E-state index is 0.107. The fourth-order valence-electron chi connectivity index (χ4n) is 1.17. The van der Waals surface area contributed by atoms with Crippen molar-refractivity contribution >= 4 is 17.9 Å². The van der Waals surface area contributed by atoms with Crippen LogP contribution >= 0.6 is 11.6 Å². The van der Waals surface area contributed by atoms with Crippen molar-refractivity contribution in [3.8, 4) is 0 Å². The summed E-state index contributed by atoms with van der Waals surface area (Å²) in [4.78, 5) is 10.2. The minimum Gasteiger partial charge on any atom is -0.303 e. The third-order valence-electron chi connectivity index (χ3n) is 1.96. The van der Waals surface area contributed by atoms with Crippen LogP contribution in [-0.4, -0.2) is 6.29 Å². The number of hydrogen-bond donors (Lipinski definition) is 0. The Morgan fingerprint density at radius 1 is 1.62 bits per heavy atom. The molecule has 1 aromatic rings. The van der Waals surface area contributed by atoms with Crippen molar-refractivity contribution in [3.63, 3.8) is 0 Å². The van der Waals surface area contributed by atoms with Crippen LogP contribution in [0.4, 0.5) is 4.39 Å². The van der Waals surface area contributed by atoms with E-state index in [0.29, 0.717) is 12.0 Å². The number of hydrogen-bond acceptors (Lipinski definition) is 1. The van der Waals surface area contributed by atoms with E-state index in [0.717, 1.165) is 6.29 Å². The maximum absolute atomic E-state index is 13.3. The molecule has 0 bridgehead atoms. The predicted octanol–water partition coefficient (Wildman–Crippen LogP) is 3.17. The molecule has 0 aliphatic heterocycles. The monoisotopic (exact) mass is 200 g/mol. The molecule has 0 radical (unpaired) electrons. The van der Waals surface area contributed by atoms with Gasteiger partial charge in [0.1, 0.15) is 12.1 Å². The Labute approximate surface area is 81.5 Å². The van der Waals surface area contributed by atoms with Gasteiger partial charge in [-0.1, -0.05) is 30.7 Å². The number of rotatable bonds is 3. The molecule has 1 rings (SSSR count). The molecule has 1 aromatic carbocycles. The molecule has 13 heavy (non-hydrogen) atoms. The molecule has 0 aromatic heterocycles. The zero-order valence-corrected chi connectivity index (χ0v) is 8.01. The van der Waals surface area contributed by atoms with Crippen molar-refractivity contribution in [1.29, 1.82) is 0 Å². The Morgan fingerprint density at radius 2 is 2.31 bits per heavy atom. The van der Waals surface area contributed by atoms with Gasteiger partial charge in [0, 0.05) is 6.42 Å². The molecule has 0 fully saturated rings. The molecule has 0 N–H and O–H groups in total. The van der Waals surface area contributed by atoms with E-state index in [1.165, 1.54) is 6.07 Å². The topological polar surface area (TPSA) is 17.1 Å². The van der Waals surface area contributed by atoms with Crippen LogP contribution in [0.25, 0.3) is 0 Å². The summed E-state index contributed by atoms with van der Waals surface area (Å²) in [5.41, 5.74) is 0.500. The highest BCUT2D eigenvalue weighted by molar-refractivity contribution is 6.30. The van der Waals surface area contributed by atoms with Crippen LogP contribution in [0.3, 0.4) is 0 Å². The average molecular weight is 201 g/mol. The summed E-state index contributed by atoms with van der Waals surface area (Å²) >= 11 is 5.59. The zero-order chi connectivity index (χ0) is 9.84. The third kappa shape index (κ3) is 2.28. The second-order valence-corrected chi connectivity index (χ2v) is 3.35. The standard InChI is InChI=1S/C10H10ClFO/c1-7(5-6-13)8-3-2-4-9(11)10(8)12/h2-4,6-7H,5H2,1H3. The SMILES string of the molecule is CC(CC=O)c1cccc(Cl)c1F. The van der Waals surface area contributed by atoms with Crippen LogP contribution < -0.4 is 0 Å². The van der Waals surface area contributed by atoms with Gasteiger partial charge >= 0.3 is 0 Å². The fourth-order valence-corrected chi connectivity index (χ4v) is 1.35. The summed E-state index contributed by atoms with van der Waals surface area (Å²) in [6.45, 7) is 1.79. The van der Waals surface area contributed by atoms with Crippen molar-refractivity contribution in [3.05, 3.63) is 34.6 Å². The van der Waals surface area contributed by atoms with Crippen molar-refractivity contribution in [2.24, 2.45) is 0 Å². The summed E-state index contributed by atoms with van der Waals surface area (Å²) in [5.74, 6) is -0.533. The molecule has 0 spiro atoms. The van der Waals surface area contributed by atoms with E-state index in [1.807, 2.05) is 0 Å². The van der Waals surface area contributed by atoms with Gasteiger partial charge < -0.3 is 4.79 Å². The number of halogens is 2. The second-order valence-electron chi connectivity index (χ2n) is 2.95. The molecule has 70 valence electrons. The van der Waals surface area contributed by atoms with Gasteiger partial charge in [0.2, 0.25) is 0 Å². The van der Waals surface area contributed by atoms with Gasteiger partial charge in [-0.05, 0) is 17.5 Å².